The first-order valence-corrected chi connectivity index (χ1v) is 10.1. The van der Waals surface area contributed by atoms with Crippen LogP contribution in [-0.2, 0) is 11.2 Å². The lowest BCUT2D eigenvalue weighted by molar-refractivity contribution is -0.130. The van der Waals surface area contributed by atoms with Gasteiger partial charge in [0.1, 0.15) is 5.54 Å². The Morgan fingerprint density at radius 3 is 2.63 bits per heavy atom. The van der Waals surface area contributed by atoms with Crippen molar-refractivity contribution in [3.63, 3.8) is 0 Å². The molecular formula is C21H31IN6O2. The highest BCUT2D eigenvalue weighted by molar-refractivity contribution is 14.0. The second-order valence-corrected chi connectivity index (χ2v) is 7.46. The Morgan fingerprint density at radius 2 is 1.93 bits per heavy atom. The number of para-hydroxylation sites is 1. The fourth-order valence-electron chi connectivity index (χ4n) is 3.51. The number of aliphatic imine (C=N–C) groups is 1. The molecule has 8 nitrogen and oxygen atoms in total. The van der Waals surface area contributed by atoms with Crippen molar-refractivity contribution in [2.24, 2.45) is 4.99 Å². The van der Waals surface area contributed by atoms with E-state index in [2.05, 4.69) is 38.1 Å². The second kappa shape index (κ2) is 10.6. The summed E-state index contributed by atoms with van der Waals surface area (Å²) in [6.45, 7) is 5.43. The number of nitrogens with zero attached hydrogens (tertiary/aromatic N) is 2. The number of H-pyrrole nitrogens is 1. The van der Waals surface area contributed by atoms with Crippen LogP contribution in [-0.4, -0.2) is 60.0 Å². The number of carbonyl (C=O) groups excluding carboxylic acids is 2. The number of fused-ring (bicyclic) bond motifs is 1. The summed E-state index contributed by atoms with van der Waals surface area (Å²) in [6, 6.07) is 7.95. The van der Waals surface area contributed by atoms with Crippen molar-refractivity contribution in [3.8, 4) is 0 Å². The molecule has 1 atom stereocenters. The number of halogens is 1. The summed E-state index contributed by atoms with van der Waals surface area (Å²) >= 11 is 0. The molecule has 1 aliphatic rings. The van der Waals surface area contributed by atoms with Gasteiger partial charge in [-0.1, -0.05) is 25.1 Å². The van der Waals surface area contributed by atoms with E-state index in [1.165, 1.54) is 15.8 Å². The Hall–Kier alpha value is -2.30. The minimum Gasteiger partial charge on any atom is -0.361 e. The van der Waals surface area contributed by atoms with E-state index in [0.29, 0.717) is 31.9 Å². The molecular weight excluding hydrogens is 495 g/mol. The summed E-state index contributed by atoms with van der Waals surface area (Å²) in [5.74, 6) is 0.562. The minimum absolute atomic E-state index is 0. The van der Waals surface area contributed by atoms with Gasteiger partial charge in [-0.2, -0.15) is 0 Å². The molecule has 1 aliphatic heterocycles. The number of hydrogen-bond donors (Lipinski definition) is 4. The summed E-state index contributed by atoms with van der Waals surface area (Å²) in [7, 11) is 1.73. The zero-order valence-electron chi connectivity index (χ0n) is 17.7. The molecule has 2 heterocycles. The van der Waals surface area contributed by atoms with Crippen LogP contribution >= 0.6 is 24.0 Å². The molecule has 2 aromatic rings. The Morgan fingerprint density at radius 1 is 1.20 bits per heavy atom. The first kappa shape index (κ1) is 24.0. The van der Waals surface area contributed by atoms with Gasteiger partial charge in [-0.15, -0.1) is 24.0 Å². The summed E-state index contributed by atoms with van der Waals surface area (Å²) < 4.78 is 0. The summed E-state index contributed by atoms with van der Waals surface area (Å²) in [5.41, 5.74) is 1.63. The second-order valence-electron chi connectivity index (χ2n) is 7.46. The van der Waals surface area contributed by atoms with Gasteiger partial charge in [0, 0.05) is 43.8 Å². The molecule has 1 aromatic heterocycles. The normalized spacial score (nSPS) is 19.0. The van der Waals surface area contributed by atoms with Crippen LogP contribution in [0, 0.1) is 0 Å². The number of rotatable bonds is 8. The standard InChI is InChI=1S/C21H30N6O2.HI/c1-4-21(2)18(28)27(20(29)26-21)13-7-11-23-19(22-3)24-12-10-15-14-25-17-9-6-5-8-16(15)17;/h5-6,8-9,14,25H,4,7,10-13H2,1-3H3,(H,26,29)(H2,22,23,24);1H. The van der Waals surface area contributed by atoms with Crippen LogP contribution in [0.15, 0.2) is 35.5 Å². The highest BCUT2D eigenvalue weighted by Gasteiger charge is 2.45. The Kier molecular flexibility index (Phi) is 8.51. The van der Waals surface area contributed by atoms with Gasteiger partial charge in [0.25, 0.3) is 5.91 Å². The number of amides is 3. The number of aromatic nitrogens is 1. The number of aromatic amines is 1. The number of hydrogen-bond acceptors (Lipinski definition) is 3. The van der Waals surface area contributed by atoms with Crippen LogP contribution in [0.5, 0.6) is 0 Å². The van der Waals surface area contributed by atoms with Crippen molar-refractivity contribution in [2.75, 3.05) is 26.7 Å². The van der Waals surface area contributed by atoms with Gasteiger partial charge in [0.2, 0.25) is 0 Å². The van der Waals surface area contributed by atoms with E-state index in [9.17, 15) is 9.59 Å². The Bertz CT molecular complexity index is 912. The van der Waals surface area contributed by atoms with Gasteiger partial charge in [0.05, 0.1) is 0 Å². The highest BCUT2D eigenvalue weighted by Crippen LogP contribution is 2.20. The van der Waals surface area contributed by atoms with Crippen molar-refractivity contribution in [2.45, 2.75) is 38.6 Å². The maximum atomic E-state index is 12.4. The first-order chi connectivity index (χ1) is 14.0. The van der Waals surface area contributed by atoms with Gasteiger partial charge in [-0.3, -0.25) is 14.7 Å². The van der Waals surface area contributed by atoms with Crippen molar-refractivity contribution in [1.82, 2.24) is 25.8 Å². The molecule has 1 saturated heterocycles. The predicted octanol–water partition coefficient (Wildman–Crippen LogP) is 2.60. The lowest BCUT2D eigenvalue weighted by atomic mass is 9.99. The van der Waals surface area contributed by atoms with Crippen LogP contribution in [0.3, 0.4) is 0 Å². The predicted molar refractivity (Wildman–Crippen MR) is 130 cm³/mol. The third kappa shape index (κ3) is 5.24. The number of benzene rings is 1. The molecule has 1 unspecified atom stereocenters. The highest BCUT2D eigenvalue weighted by atomic mass is 127. The van der Waals surface area contributed by atoms with E-state index in [4.69, 9.17) is 0 Å². The van der Waals surface area contributed by atoms with E-state index in [-0.39, 0.29) is 35.9 Å². The third-order valence-corrected chi connectivity index (χ3v) is 5.49. The number of carbonyl (C=O) groups is 2. The maximum Gasteiger partial charge on any atom is 0.325 e. The molecule has 0 radical (unpaired) electrons. The Labute approximate surface area is 194 Å². The topological polar surface area (TPSA) is 102 Å². The van der Waals surface area contributed by atoms with Crippen molar-refractivity contribution >= 4 is 52.8 Å². The van der Waals surface area contributed by atoms with E-state index >= 15 is 0 Å². The van der Waals surface area contributed by atoms with Crippen LogP contribution in [0.1, 0.15) is 32.3 Å². The minimum atomic E-state index is -0.773. The van der Waals surface area contributed by atoms with Crippen molar-refractivity contribution < 1.29 is 9.59 Å². The molecule has 1 aromatic carbocycles. The molecule has 0 saturated carbocycles. The van der Waals surface area contributed by atoms with Gasteiger partial charge in [-0.05, 0) is 37.8 Å². The zero-order chi connectivity index (χ0) is 20.9. The van der Waals surface area contributed by atoms with E-state index in [1.54, 1.807) is 14.0 Å². The molecule has 0 aliphatic carbocycles. The number of urea groups is 1. The molecule has 3 rings (SSSR count). The smallest absolute Gasteiger partial charge is 0.325 e. The maximum absolute atomic E-state index is 12.4. The third-order valence-electron chi connectivity index (χ3n) is 5.49. The molecule has 3 amide bonds. The SMILES string of the molecule is CCC1(C)NC(=O)N(CCCNC(=NC)NCCc2c[nH]c3ccccc23)C1=O.I. The Balaban J connectivity index is 0.00000320. The van der Waals surface area contributed by atoms with Gasteiger partial charge in [0.15, 0.2) is 5.96 Å². The quantitative estimate of drug-likeness (QED) is 0.140. The molecule has 0 bridgehead atoms. The van der Waals surface area contributed by atoms with E-state index < -0.39 is 5.54 Å². The molecule has 4 N–H and O–H groups in total. The number of nitrogens with one attached hydrogen (secondary N) is 4. The van der Waals surface area contributed by atoms with Crippen LogP contribution in [0.2, 0.25) is 0 Å². The van der Waals surface area contributed by atoms with Gasteiger partial charge >= 0.3 is 6.03 Å². The molecule has 30 heavy (non-hydrogen) atoms. The average molecular weight is 526 g/mol. The molecule has 164 valence electrons. The summed E-state index contributed by atoms with van der Waals surface area (Å²) in [4.78, 5) is 33.2. The summed E-state index contributed by atoms with van der Waals surface area (Å²) in [5, 5.41) is 10.6. The number of imide groups is 1. The van der Waals surface area contributed by atoms with E-state index in [0.717, 1.165) is 18.5 Å². The van der Waals surface area contributed by atoms with Crippen molar-refractivity contribution in [1.29, 1.82) is 0 Å². The molecule has 9 heteroatoms. The van der Waals surface area contributed by atoms with Crippen LogP contribution in [0.25, 0.3) is 10.9 Å². The zero-order valence-corrected chi connectivity index (χ0v) is 20.1. The van der Waals surface area contributed by atoms with Gasteiger partial charge in [-0.25, -0.2) is 4.79 Å². The van der Waals surface area contributed by atoms with Crippen LogP contribution in [0.4, 0.5) is 4.79 Å². The lowest BCUT2D eigenvalue weighted by Gasteiger charge is -2.19. The largest absolute Gasteiger partial charge is 0.361 e. The first-order valence-electron chi connectivity index (χ1n) is 10.1. The molecule has 1 fully saturated rings. The van der Waals surface area contributed by atoms with Crippen LogP contribution < -0.4 is 16.0 Å². The fourth-order valence-corrected chi connectivity index (χ4v) is 3.51. The molecule has 0 spiro atoms. The monoisotopic (exact) mass is 526 g/mol. The number of guanidine groups is 1. The van der Waals surface area contributed by atoms with Crippen molar-refractivity contribution in [3.05, 3.63) is 36.0 Å². The lowest BCUT2D eigenvalue weighted by Crippen LogP contribution is -2.43. The fraction of sp³-hybridized carbons (Fsp3) is 0.476. The van der Waals surface area contributed by atoms with Gasteiger partial charge < -0.3 is 20.9 Å². The van der Waals surface area contributed by atoms with E-state index in [1.807, 2.05) is 25.3 Å². The average Bonchev–Trinajstić information content (AvgIpc) is 3.23. The summed E-state index contributed by atoms with van der Waals surface area (Å²) in [6.07, 6.45) is 4.16.